The second-order valence-corrected chi connectivity index (χ2v) is 9.94. The van der Waals surface area contributed by atoms with E-state index in [4.69, 9.17) is 9.84 Å². The van der Waals surface area contributed by atoms with Crippen LogP contribution in [0.5, 0.6) is 0 Å². The lowest BCUT2D eigenvalue weighted by molar-refractivity contribution is -0.150. The first-order valence-electron chi connectivity index (χ1n) is 14.7. The third-order valence-electron chi connectivity index (χ3n) is 6.49. The van der Waals surface area contributed by atoms with Gasteiger partial charge in [-0.2, -0.15) is 0 Å². The number of aliphatic carboxylic acids is 1. The van der Waals surface area contributed by atoms with Gasteiger partial charge in [-0.25, -0.2) is 0 Å². The van der Waals surface area contributed by atoms with E-state index in [1.54, 1.807) is 0 Å². The Hall–Kier alpha value is -1.32. The molecular weight excluding hydrogens is 424 g/mol. The zero-order valence-corrected chi connectivity index (χ0v) is 22.7. The van der Waals surface area contributed by atoms with Crippen molar-refractivity contribution in [3.05, 3.63) is 12.2 Å². The van der Waals surface area contributed by atoms with E-state index >= 15 is 0 Å². The van der Waals surface area contributed by atoms with Gasteiger partial charge in [0.25, 0.3) is 0 Å². The zero-order chi connectivity index (χ0) is 25.1. The fourth-order valence-corrected chi connectivity index (χ4v) is 4.30. The van der Waals surface area contributed by atoms with Crippen molar-refractivity contribution in [1.82, 2.24) is 0 Å². The Kier molecular flexibility index (Phi) is 25.3. The molecule has 0 aromatic heterocycles. The average Bonchev–Trinajstić information content (AvgIpc) is 2.81. The molecule has 0 rings (SSSR count). The number of ether oxygens (including phenoxy) is 1. The number of unbranched alkanes of at least 4 members (excludes halogenated alkanes) is 15. The van der Waals surface area contributed by atoms with E-state index in [-0.39, 0.29) is 18.5 Å². The largest absolute Gasteiger partial charge is 0.481 e. The molecule has 0 amide bonds. The lowest BCUT2D eigenvalue weighted by Gasteiger charge is -2.18. The molecule has 0 bridgehead atoms. The van der Waals surface area contributed by atoms with E-state index in [9.17, 15) is 9.59 Å². The third-order valence-corrected chi connectivity index (χ3v) is 6.49. The highest BCUT2D eigenvalue weighted by atomic mass is 16.5. The summed E-state index contributed by atoms with van der Waals surface area (Å²) in [6.45, 7) is 4.48. The van der Waals surface area contributed by atoms with Crippen molar-refractivity contribution >= 4 is 11.9 Å². The summed E-state index contributed by atoms with van der Waals surface area (Å²) < 4.78 is 5.74. The van der Waals surface area contributed by atoms with Gasteiger partial charge in [0.2, 0.25) is 0 Å². The lowest BCUT2D eigenvalue weighted by Crippen LogP contribution is -2.18. The molecule has 200 valence electrons. The number of allylic oxidation sites excluding steroid dienone is 2. The monoisotopic (exact) mass is 480 g/mol. The summed E-state index contributed by atoms with van der Waals surface area (Å²) >= 11 is 0. The Balaban J connectivity index is 3.86. The molecule has 0 aromatic carbocycles. The molecule has 0 spiro atoms. The number of rotatable bonds is 26. The summed E-state index contributed by atoms with van der Waals surface area (Å²) in [6, 6.07) is 0. The molecule has 0 heterocycles. The standard InChI is InChI=1S/C30H56O4/c1-3-5-7-9-11-12-13-14-15-16-18-20-22-27-30(33)34-28(25-23-26-29(31)32)24-21-19-17-10-8-6-4-2/h12-13,28H,3-11,14-27H2,1-2H3,(H,31,32)/b13-12-. The van der Waals surface area contributed by atoms with E-state index < -0.39 is 5.97 Å². The molecule has 0 aliphatic heterocycles. The molecule has 0 aromatic rings. The van der Waals surface area contributed by atoms with Gasteiger partial charge in [0, 0.05) is 12.8 Å². The number of carboxylic acid groups (broad SMARTS) is 1. The maximum atomic E-state index is 12.3. The predicted molar refractivity (Wildman–Crippen MR) is 144 cm³/mol. The van der Waals surface area contributed by atoms with Crippen molar-refractivity contribution in [3.63, 3.8) is 0 Å². The molecule has 0 fully saturated rings. The Morgan fingerprint density at radius 1 is 0.618 bits per heavy atom. The van der Waals surface area contributed by atoms with Crippen molar-refractivity contribution in [2.75, 3.05) is 0 Å². The van der Waals surface area contributed by atoms with Gasteiger partial charge in [-0.05, 0) is 57.8 Å². The van der Waals surface area contributed by atoms with Gasteiger partial charge in [-0.15, -0.1) is 0 Å². The number of carbonyl (C=O) groups is 2. The molecule has 4 nitrogen and oxygen atoms in total. The number of hydrogen-bond donors (Lipinski definition) is 1. The van der Waals surface area contributed by atoms with E-state index in [1.165, 1.54) is 96.3 Å². The number of carboxylic acids is 1. The van der Waals surface area contributed by atoms with E-state index in [0.29, 0.717) is 19.3 Å². The SMILES string of the molecule is CCCCCC/C=C\CCCCCCCC(=O)OC(CCCCCCCCC)CCCC(=O)O. The minimum Gasteiger partial charge on any atom is -0.481 e. The van der Waals surface area contributed by atoms with Crippen LogP contribution in [-0.4, -0.2) is 23.1 Å². The van der Waals surface area contributed by atoms with E-state index in [2.05, 4.69) is 26.0 Å². The van der Waals surface area contributed by atoms with Crippen LogP contribution in [0.1, 0.15) is 162 Å². The van der Waals surface area contributed by atoms with Gasteiger partial charge in [0.05, 0.1) is 0 Å². The summed E-state index contributed by atoms with van der Waals surface area (Å²) in [5.74, 6) is -0.877. The summed E-state index contributed by atoms with van der Waals surface area (Å²) in [4.78, 5) is 23.1. The maximum absolute atomic E-state index is 12.3. The maximum Gasteiger partial charge on any atom is 0.306 e. The minimum absolute atomic E-state index is 0.103. The highest BCUT2D eigenvalue weighted by molar-refractivity contribution is 5.69. The van der Waals surface area contributed by atoms with Crippen LogP contribution in [0.3, 0.4) is 0 Å². The van der Waals surface area contributed by atoms with Crippen molar-refractivity contribution < 1.29 is 19.4 Å². The topological polar surface area (TPSA) is 63.6 Å². The van der Waals surface area contributed by atoms with Gasteiger partial charge in [-0.3, -0.25) is 9.59 Å². The zero-order valence-electron chi connectivity index (χ0n) is 22.7. The highest BCUT2D eigenvalue weighted by Gasteiger charge is 2.15. The van der Waals surface area contributed by atoms with Crippen LogP contribution in [0.2, 0.25) is 0 Å². The first kappa shape index (κ1) is 32.7. The van der Waals surface area contributed by atoms with Gasteiger partial charge in [-0.1, -0.05) is 103 Å². The van der Waals surface area contributed by atoms with E-state index in [0.717, 1.165) is 25.7 Å². The Labute approximate surface area is 211 Å². The van der Waals surface area contributed by atoms with Crippen molar-refractivity contribution in [1.29, 1.82) is 0 Å². The molecule has 4 heteroatoms. The molecule has 34 heavy (non-hydrogen) atoms. The average molecular weight is 481 g/mol. The van der Waals surface area contributed by atoms with Crippen LogP contribution in [0.15, 0.2) is 12.2 Å². The number of carbonyl (C=O) groups excluding carboxylic acids is 1. The fourth-order valence-electron chi connectivity index (χ4n) is 4.30. The molecule has 0 aliphatic carbocycles. The molecule has 1 N–H and O–H groups in total. The summed E-state index contributed by atoms with van der Waals surface area (Å²) in [5, 5.41) is 8.90. The minimum atomic E-state index is -0.775. The molecule has 1 atom stereocenters. The van der Waals surface area contributed by atoms with Crippen molar-refractivity contribution in [2.45, 2.75) is 168 Å². The first-order valence-corrected chi connectivity index (χ1v) is 14.7. The quantitative estimate of drug-likeness (QED) is 0.0760. The van der Waals surface area contributed by atoms with Gasteiger partial charge in [0.1, 0.15) is 6.10 Å². The summed E-state index contributed by atoms with van der Waals surface area (Å²) in [5.41, 5.74) is 0. The molecule has 0 aliphatic rings. The second-order valence-electron chi connectivity index (χ2n) is 9.94. The summed E-state index contributed by atoms with van der Waals surface area (Å²) in [7, 11) is 0. The molecule has 0 saturated carbocycles. The van der Waals surface area contributed by atoms with Crippen LogP contribution in [0.25, 0.3) is 0 Å². The fraction of sp³-hybridized carbons (Fsp3) is 0.867. The second kappa shape index (κ2) is 26.3. The molecule has 1 unspecified atom stereocenters. The third kappa shape index (κ3) is 25.3. The number of hydrogen-bond acceptors (Lipinski definition) is 3. The van der Waals surface area contributed by atoms with Crippen LogP contribution >= 0.6 is 0 Å². The Morgan fingerprint density at radius 3 is 1.68 bits per heavy atom. The smallest absolute Gasteiger partial charge is 0.306 e. The summed E-state index contributed by atoms with van der Waals surface area (Å²) in [6.07, 6.45) is 29.3. The van der Waals surface area contributed by atoms with E-state index in [1.807, 2.05) is 0 Å². The number of esters is 1. The van der Waals surface area contributed by atoms with Crippen LogP contribution < -0.4 is 0 Å². The lowest BCUT2D eigenvalue weighted by atomic mass is 10.0. The van der Waals surface area contributed by atoms with Crippen molar-refractivity contribution in [3.8, 4) is 0 Å². The first-order chi connectivity index (χ1) is 16.6. The normalized spacial score (nSPS) is 12.3. The predicted octanol–water partition coefficient (Wildman–Crippen LogP) is 9.55. The molecular formula is C30H56O4. The van der Waals surface area contributed by atoms with Crippen molar-refractivity contribution in [2.24, 2.45) is 0 Å². The molecule has 0 radical (unpaired) electrons. The van der Waals surface area contributed by atoms with Crippen LogP contribution in [0, 0.1) is 0 Å². The Morgan fingerprint density at radius 2 is 1.09 bits per heavy atom. The molecule has 0 saturated heterocycles. The van der Waals surface area contributed by atoms with Gasteiger partial charge < -0.3 is 9.84 Å². The highest BCUT2D eigenvalue weighted by Crippen LogP contribution is 2.17. The van der Waals surface area contributed by atoms with Gasteiger partial charge >= 0.3 is 11.9 Å². The van der Waals surface area contributed by atoms with Crippen LogP contribution in [0.4, 0.5) is 0 Å². The van der Waals surface area contributed by atoms with Crippen LogP contribution in [-0.2, 0) is 14.3 Å². The Bertz CT molecular complexity index is 486. The van der Waals surface area contributed by atoms with Gasteiger partial charge in [0.15, 0.2) is 0 Å².